The van der Waals surface area contributed by atoms with Gasteiger partial charge in [-0.3, -0.25) is 0 Å². The fourth-order valence-corrected chi connectivity index (χ4v) is 2.54. The van der Waals surface area contributed by atoms with Crippen LogP contribution in [0.1, 0.15) is 35.6 Å². The molecule has 2 N–H and O–H groups in total. The molecule has 0 bridgehead atoms. The molecule has 98 valence electrons. The second-order valence-corrected chi connectivity index (χ2v) is 5.02. The maximum Gasteiger partial charge on any atom is 0.371 e. The highest BCUT2D eigenvalue weighted by atomic mass is 16.5. The summed E-state index contributed by atoms with van der Waals surface area (Å²) in [5.74, 6) is 0.347. The molecule has 2 unspecified atom stereocenters. The molecular weight excluding hydrogens is 234 g/mol. The predicted octanol–water partition coefficient (Wildman–Crippen LogP) is 1.63. The van der Waals surface area contributed by atoms with Crippen molar-refractivity contribution in [2.24, 2.45) is 5.92 Å². The lowest BCUT2D eigenvalue weighted by Crippen LogP contribution is -2.37. The summed E-state index contributed by atoms with van der Waals surface area (Å²) in [5.41, 5.74) is 0. The number of ether oxygens (including phenoxy) is 1. The van der Waals surface area contributed by atoms with Crippen LogP contribution in [0.5, 0.6) is 0 Å². The van der Waals surface area contributed by atoms with Gasteiger partial charge in [0.25, 0.3) is 0 Å². The molecule has 0 spiro atoms. The molecule has 1 aliphatic carbocycles. The van der Waals surface area contributed by atoms with E-state index in [1.54, 1.807) is 6.07 Å². The minimum Gasteiger partial charge on any atom is -0.475 e. The van der Waals surface area contributed by atoms with Gasteiger partial charge in [0.2, 0.25) is 5.76 Å². The van der Waals surface area contributed by atoms with E-state index < -0.39 is 5.97 Å². The van der Waals surface area contributed by atoms with Crippen LogP contribution >= 0.6 is 0 Å². The quantitative estimate of drug-likeness (QED) is 0.832. The molecule has 2 atom stereocenters. The minimum absolute atomic E-state index is 0.00628. The van der Waals surface area contributed by atoms with E-state index in [0.29, 0.717) is 24.5 Å². The molecule has 1 aliphatic heterocycles. The molecule has 18 heavy (non-hydrogen) atoms. The molecule has 3 rings (SSSR count). The van der Waals surface area contributed by atoms with Crippen molar-refractivity contribution in [3.63, 3.8) is 0 Å². The third-order valence-electron chi connectivity index (χ3n) is 3.63. The van der Waals surface area contributed by atoms with Crippen LogP contribution in [-0.4, -0.2) is 29.8 Å². The molecular formula is C13H17NO4. The summed E-state index contributed by atoms with van der Waals surface area (Å²) in [5, 5.41) is 12.2. The highest BCUT2D eigenvalue weighted by molar-refractivity contribution is 5.84. The van der Waals surface area contributed by atoms with Crippen LogP contribution in [0.25, 0.3) is 0 Å². The van der Waals surface area contributed by atoms with E-state index in [0.717, 1.165) is 18.9 Å². The highest BCUT2D eigenvalue weighted by Gasteiger charge is 2.40. The van der Waals surface area contributed by atoms with E-state index in [2.05, 4.69) is 5.32 Å². The number of aromatic carboxylic acids is 1. The number of nitrogens with one attached hydrogen (secondary N) is 1. The molecule has 1 saturated heterocycles. The van der Waals surface area contributed by atoms with Gasteiger partial charge in [-0.1, -0.05) is 0 Å². The number of hydrogen-bond donors (Lipinski definition) is 2. The van der Waals surface area contributed by atoms with E-state index in [1.165, 1.54) is 18.9 Å². The standard InChI is InChI=1S/C13H17NO4/c15-13(16)11-4-3-9(18-11)7-14-10-5-6-17-12(10)8-1-2-8/h3-4,8,10,12,14H,1-2,5-7H2,(H,15,16). The number of rotatable bonds is 5. The predicted molar refractivity (Wildman–Crippen MR) is 63.4 cm³/mol. The number of carbonyl (C=O) groups is 1. The SMILES string of the molecule is O=C(O)c1ccc(CNC2CCOC2C2CC2)o1. The molecule has 0 radical (unpaired) electrons. The lowest BCUT2D eigenvalue weighted by atomic mass is 10.1. The molecule has 0 aromatic carbocycles. The molecule has 5 heteroatoms. The summed E-state index contributed by atoms with van der Waals surface area (Å²) in [6.07, 6.45) is 3.90. The average molecular weight is 251 g/mol. The van der Waals surface area contributed by atoms with Gasteiger partial charge >= 0.3 is 5.97 Å². The van der Waals surface area contributed by atoms with Crippen molar-refractivity contribution in [3.8, 4) is 0 Å². The Balaban J connectivity index is 1.55. The van der Waals surface area contributed by atoms with Crippen molar-refractivity contribution in [1.29, 1.82) is 0 Å². The van der Waals surface area contributed by atoms with Gasteiger partial charge in [0, 0.05) is 12.6 Å². The van der Waals surface area contributed by atoms with Gasteiger partial charge in [0.1, 0.15) is 5.76 Å². The van der Waals surface area contributed by atoms with Crippen molar-refractivity contribution in [2.75, 3.05) is 6.61 Å². The fraction of sp³-hybridized carbons (Fsp3) is 0.615. The van der Waals surface area contributed by atoms with Gasteiger partial charge in [-0.2, -0.15) is 0 Å². The first-order chi connectivity index (χ1) is 8.74. The molecule has 2 fully saturated rings. The Morgan fingerprint density at radius 3 is 2.89 bits per heavy atom. The second-order valence-electron chi connectivity index (χ2n) is 5.02. The number of hydrogen-bond acceptors (Lipinski definition) is 4. The van der Waals surface area contributed by atoms with Gasteiger partial charge < -0.3 is 19.6 Å². The Morgan fingerprint density at radius 1 is 1.39 bits per heavy atom. The van der Waals surface area contributed by atoms with Gasteiger partial charge in [0.15, 0.2) is 0 Å². The number of carboxylic acids is 1. The number of carboxylic acid groups (broad SMARTS) is 1. The zero-order valence-corrected chi connectivity index (χ0v) is 10.1. The van der Waals surface area contributed by atoms with Crippen molar-refractivity contribution < 1.29 is 19.1 Å². The normalized spacial score (nSPS) is 27.6. The third kappa shape index (κ3) is 2.42. The van der Waals surface area contributed by atoms with Crippen LogP contribution in [-0.2, 0) is 11.3 Å². The summed E-state index contributed by atoms with van der Waals surface area (Å²) >= 11 is 0. The van der Waals surface area contributed by atoms with Crippen LogP contribution in [0.2, 0.25) is 0 Å². The molecule has 1 aromatic heterocycles. The summed E-state index contributed by atoms with van der Waals surface area (Å²) in [7, 11) is 0. The van der Waals surface area contributed by atoms with Crippen LogP contribution in [0.3, 0.4) is 0 Å². The summed E-state index contributed by atoms with van der Waals surface area (Å²) in [6.45, 7) is 1.38. The van der Waals surface area contributed by atoms with Crippen molar-refractivity contribution in [3.05, 3.63) is 23.7 Å². The van der Waals surface area contributed by atoms with Gasteiger partial charge in [-0.25, -0.2) is 4.79 Å². The zero-order valence-electron chi connectivity index (χ0n) is 10.1. The molecule has 5 nitrogen and oxygen atoms in total. The Kier molecular flexibility index (Phi) is 3.09. The first kappa shape index (κ1) is 11.7. The van der Waals surface area contributed by atoms with E-state index in [1.807, 2.05) is 0 Å². The van der Waals surface area contributed by atoms with E-state index in [4.69, 9.17) is 14.3 Å². The van der Waals surface area contributed by atoms with E-state index in [-0.39, 0.29) is 5.76 Å². The average Bonchev–Trinajstić information content (AvgIpc) is 2.92. The van der Waals surface area contributed by atoms with Gasteiger partial charge in [-0.15, -0.1) is 0 Å². The van der Waals surface area contributed by atoms with E-state index >= 15 is 0 Å². The zero-order chi connectivity index (χ0) is 12.5. The fourth-order valence-electron chi connectivity index (χ4n) is 2.54. The van der Waals surface area contributed by atoms with Crippen LogP contribution in [0.4, 0.5) is 0 Å². The van der Waals surface area contributed by atoms with Crippen molar-refractivity contribution >= 4 is 5.97 Å². The van der Waals surface area contributed by atoms with Crippen LogP contribution < -0.4 is 5.32 Å². The monoisotopic (exact) mass is 251 g/mol. The Hall–Kier alpha value is -1.33. The van der Waals surface area contributed by atoms with Crippen molar-refractivity contribution in [2.45, 2.75) is 38.0 Å². The molecule has 2 heterocycles. The Morgan fingerprint density at radius 2 is 2.22 bits per heavy atom. The van der Waals surface area contributed by atoms with Crippen LogP contribution in [0.15, 0.2) is 16.5 Å². The topological polar surface area (TPSA) is 71.7 Å². The van der Waals surface area contributed by atoms with Crippen molar-refractivity contribution in [1.82, 2.24) is 5.32 Å². The minimum atomic E-state index is -1.03. The largest absolute Gasteiger partial charge is 0.475 e. The lowest BCUT2D eigenvalue weighted by Gasteiger charge is -2.18. The smallest absolute Gasteiger partial charge is 0.371 e. The first-order valence-corrected chi connectivity index (χ1v) is 6.41. The van der Waals surface area contributed by atoms with Crippen LogP contribution in [0, 0.1) is 5.92 Å². The number of furan rings is 1. The maximum absolute atomic E-state index is 10.7. The summed E-state index contributed by atoms with van der Waals surface area (Å²) < 4.78 is 10.9. The highest BCUT2D eigenvalue weighted by Crippen LogP contribution is 2.38. The summed E-state index contributed by atoms with van der Waals surface area (Å²) in [6, 6.07) is 3.57. The molecule has 1 aromatic rings. The molecule has 0 amide bonds. The van der Waals surface area contributed by atoms with Gasteiger partial charge in [0.05, 0.1) is 12.6 Å². The summed E-state index contributed by atoms with van der Waals surface area (Å²) in [4.78, 5) is 10.7. The second kappa shape index (κ2) is 4.74. The third-order valence-corrected chi connectivity index (χ3v) is 3.63. The molecule has 1 saturated carbocycles. The Labute approximate surface area is 105 Å². The Bertz CT molecular complexity index is 438. The molecule has 2 aliphatic rings. The maximum atomic E-state index is 10.7. The first-order valence-electron chi connectivity index (χ1n) is 6.41. The van der Waals surface area contributed by atoms with Gasteiger partial charge in [-0.05, 0) is 37.3 Å². The van der Waals surface area contributed by atoms with E-state index in [9.17, 15) is 4.79 Å². The lowest BCUT2D eigenvalue weighted by molar-refractivity contribution is 0.0658.